The van der Waals surface area contributed by atoms with Crippen molar-refractivity contribution in [2.24, 2.45) is 0 Å². The number of ether oxygens (including phenoxy) is 1. The first kappa shape index (κ1) is 11.4. The van der Waals surface area contributed by atoms with Crippen LogP contribution in [0.5, 0.6) is 0 Å². The van der Waals surface area contributed by atoms with Crippen LogP contribution in [0.25, 0.3) is 6.08 Å². The molecule has 0 aliphatic rings. The smallest absolute Gasteiger partial charge is 0.309 e. The third kappa shape index (κ3) is 4.35. The third-order valence-corrected chi connectivity index (χ3v) is 1.67. The number of carbonyl (C=O) groups is 1. The summed E-state index contributed by atoms with van der Waals surface area (Å²) in [5.41, 5.74) is 0.904. The molecule has 0 amide bonds. The van der Waals surface area contributed by atoms with Crippen LogP contribution in [-0.2, 0) is 9.53 Å². The molecule has 1 rings (SSSR count). The van der Waals surface area contributed by atoms with Gasteiger partial charge in [0.2, 0.25) is 0 Å². The number of rotatable bonds is 4. The van der Waals surface area contributed by atoms with Crippen LogP contribution in [0.2, 0.25) is 0 Å². The van der Waals surface area contributed by atoms with E-state index in [4.69, 9.17) is 4.74 Å². The van der Waals surface area contributed by atoms with E-state index in [1.165, 1.54) is 0 Å². The molecule has 0 unspecified atom stereocenters. The Balaban J connectivity index is 2.48. The van der Waals surface area contributed by atoms with E-state index in [9.17, 15) is 4.79 Å². The number of carbonyl (C=O) groups excluding carboxylic acids is 1. The Morgan fingerprint density at radius 3 is 3.07 bits per heavy atom. The Hall–Kier alpha value is -1.71. The Kier molecular flexibility index (Phi) is 4.47. The zero-order chi connectivity index (χ0) is 11.1. The first-order valence-electron chi connectivity index (χ1n) is 4.84. The Bertz CT molecular complexity index is 361. The minimum atomic E-state index is -0.235. The maximum absolute atomic E-state index is 11.0. The van der Waals surface area contributed by atoms with Crippen molar-refractivity contribution in [3.8, 4) is 0 Å². The van der Waals surface area contributed by atoms with Gasteiger partial charge in [0.1, 0.15) is 0 Å². The molecule has 0 saturated carbocycles. The van der Waals surface area contributed by atoms with Crippen molar-refractivity contribution in [2.75, 3.05) is 6.61 Å². The molecule has 0 bridgehead atoms. The predicted octanol–water partition coefficient (Wildman–Crippen LogP) is 1.75. The Morgan fingerprint density at radius 2 is 2.40 bits per heavy atom. The average Bonchev–Trinajstić information content (AvgIpc) is 2.18. The van der Waals surface area contributed by atoms with Gasteiger partial charge in [-0.3, -0.25) is 4.79 Å². The van der Waals surface area contributed by atoms with Crippen LogP contribution in [0.4, 0.5) is 0 Å². The normalized spacial score (nSPS) is 10.5. The molecule has 0 atom stereocenters. The lowest BCUT2D eigenvalue weighted by atomic mass is 10.3. The van der Waals surface area contributed by atoms with Gasteiger partial charge >= 0.3 is 5.97 Å². The lowest BCUT2D eigenvalue weighted by molar-refractivity contribution is -0.142. The van der Waals surface area contributed by atoms with Crippen LogP contribution in [0.3, 0.4) is 0 Å². The zero-order valence-corrected chi connectivity index (χ0v) is 8.93. The molecule has 1 aromatic rings. The fourth-order valence-corrected chi connectivity index (χ4v) is 1.03. The molecule has 15 heavy (non-hydrogen) atoms. The SMILES string of the molecule is CCOC(=O)CC=Cc1nccc(C)n1. The van der Waals surface area contributed by atoms with E-state index in [1.54, 1.807) is 25.3 Å². The van der Waals surface area contributed by atoms with Gasteiger partial charge < -0.3 is 4.74 Å². The summed E-state index contributed by atoms with van der Waals surface area (Å²) < 4.78 is 4.77. The van der Waals surface area contributed by atoms with Crippen LogP contribution < -0.4 is 0 Å². The summed E-state index contributed by atoms with van der Waals surface area (Å²) in [5.74, 6) is 0.376. The second kappa shape index (κ2) is 5.90. The van der Waals surface area contributed by atoms with Crippen molar-refractivity contribution < 1.29 is 9.53 Å². The largest absolute Gasteiger partial charge is 0.466 e. The minimum absolute atomic E-state index is 0.235. The summed E-state index contributed by atoms with van der Waals surface area (Å²) >= 11 is 0. The van der Waals surface area contributed by atoms with Gasteiger partial charge in [0.15, 0.2) is 5.82 Å². The van der Waals surface area contributed by atoms with Gasteiger partial charge in [-0.15, -0.1) is 0 Å². The van der Waals surface area contributed by atoms with Crippen molar-refractivity contribution in [3.63, 3.8) is 0 Å². The van der Waals surface area contributed by atoms with Crippen molar-refractivity contribution >= 4 is 12.0 Å². The maximum atomic E-state index is 11.0. The van der Waals surface area contributed by atoms with Crippen molar-refractivity contribution in [2.45, 2.75) is 20.3 Å². The van der Waals surface area contributed by atoms with Gasteiger partial charge in [-0.2, -0.15) is 0 Å². The molecule has 4 nitrogen and oxygen atoms in total. The van der Waals surface area contributed by atoms with E-state index < -0.39 is 0 Å². The van der Waals surface area contributed by atoms with Gasteiger partial charge in [0.05, 0.1) is 13.0 Å². The zero-order valence-electron chi connectivity index (χ0n) is 8.93. The van der Waals surface area contributed by atoms with Crippen molar-refractivity contribution in [3.05, 3.63) is 29.9 Å². The van der Waals surface area contributed by atoms with E-state index in [-0.39, 0.29) is 12.4 Å². The molecule has 0 N–H and O–H groups in total. The van der Waals surface area contributed by atoms with E-state index in [2.05, 4.69) is 9.97 Å². The number of aromatic nitrogens is 2. The van der Waals surface area contributed by atoms with Crippen LogP contribution >= 0.6 is 0 Å². The second-order valence-corrected chi connectivity index (χ2v) is 2.97. The van der Waals surface area contributed by atoms with E-state index in [1.807, 2.05) is 13.0 Å². The molecule has 1 aromatic heterocycles. The number of esters is 1. The van der Waals surface area contributed by atoms with Crippen LogP contribution in [0.15, 0.2) is 18.3 Å². The lowest BCUT2D eigenvalue weighted by Crippen LogP contribution is -2.01. The third-order valence-electron chi connectivity index (χ3n) is 1.67. The summed E-state index contributed by atoms with van der Waals surface area (Å²) in [6, 6.07) is 1.82. The summed E-state index contributed by atoms with van der Waals surface area (Å²) in [7, 11) is 0. The summed E-state index contributed by atoms with van der Waals surface area (Å²) in [6.45, 7) is 4.09. The predicted molar refractivity (Wildman–Crippen MR) is 57.1 cm³/mol. The summed E-state index contributed by atoms with van der Waals surface area (Å²) in [5, 5.41) is 0. The number of hydrogen-bond acceptors (Lipinski definition) is 4. The highest BCUT2D eigenvalue weighted by molar-refractivity contribution is 5.72. The summed E-state index contributed by atoms with van der Waals surface area (Å²) in [4.78, 5) is 19.2. The molecule has 0 fully saturated rings. The molecule has 0 aliphatic heterocycles. The summed E-state index contributed by atoms with van der Waals surface area (Å²) in [6.07, 6.45) is 5.36. The van der Waals surface area contributed by atoms with E-state index in [0.717, 1.165) is 5.69 Å². The molecule has 0 radical (unpaired) electrons. The minimum Gasteiger partial charge on any atom is -0.466 e. The highest BCUT2D eigenvalue weighted by atomic mass is 16.5. The Morgan fingerprint density at radius 1 is 1.60 bits per heavy atom. The van der Waals surface area contributed by atoms with Gasteiger partial charge in [0, 0.05) is 11.9 Å². The van der Waals surface area contributed by atoms with E-state index in [0.29, 0.717) is 12.4 Å². The quantitative estimate of drug-likeness (QED) is 0.704. The molecule has 80 valence electrons. The molecule has 0 spiro atoms. The Labute approximate surface area is 89.0 Å². The van der Waals surface area contributed by atoms with Crippen LogP contribution in [0.1, 0.15) is 24.9 Å². The fourth-order valence-electron chi connectivity index (χ4n) is 1.03. The number of aryl methyl sites for hydroxylation is 1. The molecule has 4 heteroatoms. The van der Waals surface area contributed by atoms with Crippen LogP contribution in [0, 0.1) is 6.92 Å². The van der Waals surface area contributed by atoms with Gasteiger partial charge in [-0.05, 0) is 26.0 Å². The number of hydrogen-bond donors (Lipinski definition) is 0. The molecule has 0 saturated heterocycles. The van der Waals surface area contributed by atoms with Crippen molar-refractivity contribution in [1.29, 1.82) is 0 Å². The first-order chi connectivity index (χ1) is 7.22. The second-order valence-electron chi connectivity index (χ2n) is 2.97. The monoisotopic (exact) mass is 206 g/mol. The topological polar surface area (TPSA) is 52.1 Å². The maximum Gasteiger partial charge on any atom is 0.309 e. The molecule has 1 heterocycles. The highest BCUT2D eigenvalue weighted by Gasteiger charge is 1.97. The van der Waals surface area contributed by atoms with E-state index >= 15 is 0 Å². The lowest BCUT2D eigenvalue weighted by Gasteiger charge is -1.96. The number of nitrogens with zero attached hydrogens (tertiary/aromatic N) is 2. The molecule has 0 aliphatic carbocycles. The van der Waals surface area contributed by atoms with Gasteiger partial charge in [-0.1, -0.05) is 6.08 Å². The van der Waals surface area contributed by atoms with Crippen LogP contribution in [-0.4, -0.2) is 22.5 Å². The highest BCUT2D eigenvalue weighted by Crippen LogP contribution is 1.98. The molecular formula is C11H14N2O2. The van der Waals surface area contributed by atoms with Crippen molar-refractivity contribution in [1.82, 2.24) is 9.97 Å². The molecule has 0 aromatic carbocycles. The standard InChI is InChI=1S/C11H14N2O2/c1-3-15-11(14)6-4-5-10-12-8-7-9(2)13-10/h4-5,7-8H,3,6H2,1-2H3. The van der Waals surface area contributed by atoms with Gasteiger partial charge in [-0.25, -0.2) is 9.97 Å². The molecular weight excluding hydrogens is 192 g/mol. The fraction of sp³-hybridized carbons (Fsp3) is 0.364. The van der Waals surface area contributed by atoms with Gasteiger partial charge in [0.25, 0.3) is 0 Å². The first-order valence-corrected chi connectivity index (χ1v) is 4.84. The average molecular weight is 206 g/mol.